The van der Waals surface area contributed by atoms with Gasteiger partial charge in [-0.05, 0) is 28.4 Å². The molecule has 0 spiro atoms. The Balaban J connectivity index is 2.52. The molecule has 0 saturated heterocycles. The molecule has 94 valence electrons. The quantitative estimate of drug-likeness (QED) is 0.680. The first-order chi connectivity index (χ1) is 8.10. The van der Waals surface area contributed by atoms with Crippen LogP contribution < -0.4 is 10.2 Å². The van der Waals surface area contributed by atoms with Crippen molar-refractivity contribution in [2.45, 2.75) is 25.5 Å². The van der Waals surface area contributed by atoms with Crippen molar-refractivity contribution in [3.8, 4) is 5.75 Å². The van der Waals surface area contributed by atoms with Gasteiger partial charge in [0.25, 0.3) is 0 Å². The second kappa shape index (κ2) is 5.10. The minimum atomic E-state index is -0.463. The third-order valence-corrected chi connectivity index (χ3v) is 3.62. The van der Waals surface area contributed by atoms with Gasteiger partial charge in [0.05, 0.1) is 22.2 Å². The van der Waals surface area contributed by atoms with Crippen molar-refractivity contribution in [3.63, 3.8) is 0 Å². The monoisotopic (exact) mass is 323 g/mol. The topological polar surface area (TPSA) is 30.5 Å². The van der Waals surface area contributed by atoms with E-state index in [1.165, 1.54) is 13.2 Å². The van der Waals surface area contributed by atoms with Crippen LogP contribution in [0.5, 0.6) is 5.75 Å². The van der Waals surface area contributed by atoms with Crippen molar-refractivity contribution in [1.29, 1.82) is 0 Å². The standard InChI is InChI=1S/C11H12BrClFNO2/c1-3-7-10(15-16-2)8-9(14)6(13)4-5(12)11(8)17-7/h4,7,10,15H,3H2,1-2H3. The van der Waals surface area contributed by atoms with Gasteiger partial charge in [-0.25, -0.2) is 4.39 Å². The maximum Gasteiger partial charge on any atom is 0.150 e. The van der Waals surface area contributed by atoms with E-state index in [4.69, 9.17) is 21.2 Å². The van der Waals surface area contributed by atoms with Gasteiger partial charge in [0, 0.05) is 0 Å². The van der Waals surface area contributed by atoms with Crippen LogP contribution in [0.25, 0.3) is 0 Å². The van der Waals surface area contributed by atoms with Crippen molar-refractivity contribution >= 4 is 27.5 Å². The first kappa shape index (κ1) is 13.1. The van der Waals surface area contributed by atoms with Crippen LogP contribution in [-0.4, -0.2) is 13.2 Å². The van der Waals surface area contributed by atoms with Gasteiger partial charge in [-0.15, -0.1) is 0 Å². The van der Waals surface area contributed by atoms with E-state index < -0.39 is 5.82 Å². The smallest absolute Gasteiger partial charge is 0.150 e. The van der Waals surface area contributed by atoms with E-state index in [9.17, 15) is 4.39 Å². The van der Waals surface area contributed by atoms with E-state index >= 15 is 0 Å². The lowest BCUT2D eigenvalue weighted by Gasteiger charge is -2.17. The molecular formula is C11H12BrClFNO2. The molecular weight excluding hydrogens is 312 g/mol. The fourth-order valence-corrected chi connectivity index (χ4v) is 2.86. The number of hydrogen-bond donors (Lipinski definition) is 1. The average Bonchev–Trinajstić information content (AvgIpc) is 2.66. The molecule has 17 heavy (non-hydrogen) atoms. The highest BCUT2D eigenvalue weighted by Gasteiger charge is 2.38. The molecule has 0 fully saturated rings. The molecule has 0 aliphatic carbocycles. The average molecular weight is 325 g/mol. The highest BCUT2D eigenvalue weighted by molar-refractivity contribution is 9.10. The number of nitrogens with one attached hydrogen (secondary N) is 1. The van der Waals surface area contributed by atoms with Crippen molar-refractivity contribution in [1.82, 2.24) is 5.48 Å². The number of halogens is 3. The molecule has 1 heterocycles. The largest absolute Gasteiger partial charge is 0.487 e. The molecule has 1 aliphatic rings. The summed E-state index contributed by atoms with van der Waals surface area (Å²) in [5.41, 5.74) is 3.17. The third kappa shape index (κ3) is 2.17. The SMILES string of the molecule is CCC1Oc2c(Br)cc(Cl)c(F)c2C1NOC. The summed E-state index contributed by atoms with van der Waals surface area (Å²) >= 11 is 9.15. The van der Waals surface area contributed by atoms with Gasteiger partial charge < -0.3 is 9.57 Å². The van der Waals surface area contributed by atoms with Crippen LogP contribution in [-0.2, 0) is 4.84 Å². The molecule has 1 aromatic rings. The van der Waals surface area contributed by atoms with E-state index in [0.29, 0.717) is 15.8 Å². The zero-order valence-electron chi connectivity index (χ0n) is 9.39. The lowest BCUT2D eigenvalue weighted by atomic mass is 10.0. The summed E-state index contributed by atoms with van der Waals surface area (Å²) in [5.74, 6) is 0.0312. The fourth-order valence-electron chi connectivity index (χ4n) is 1.98. The maximum absolute atomic E-state index is 14.0. The van der Waals surface area contributed by atoms with Crippen molar-refractivity contribution in [2.24, 2.45) is 0 Å². The van der Waals surface area contributed by atoms with Crippen LogP contribution in [0.15, 0.2) is 10.5 Å². The first-order valence-corrected chi connectivity index (χ1v) is 6.39. The second-order valence-corrected chi connectivity index (χ2v) is 5.02. The molecule has 0 radical (unpaired) electrons. The summed E-state index contributed by atoms with van der Waals surface area (Å²) in [6.45, 7) is 1.97. The fraction of sp³-hybridized carbons (Fsp3) is 0.455. The molecule has 1 N–H and O–H groups in total. The predicted octanol–water partition coefficient (Wildman–Crippen LogP) is 3.60. The highest BCUT2D eigenvalue weighted by atomic mass is 79.9. The number of ether oxygens (including phenoxy) is 1. The normalized spacial score (nSPS) is 22.4. The van der Waals surface area contributed by atoms with Gasteiger partial charge in [0.15, 0.2) is 5.82 Å². The van der Waals surface area contributed by atoms with Crippen LogP contribution >= 0.6 is 27.5 Å². The third-order valence-electron chi connectivity index (χ3n) is 2.76. The van der Waals surface area contributed by atoms with Crippen LogP contribution in [0.1, 0.15) is 24.9 Å². The molecule has 0 aromatic heterocycles. The van der Waals surface area contributed by atoms with Gasteiger partial charge in [0.2, 0.25) is 0 Å². The molecule has 0 bridgehead atoms. The first-order valence-electron chi connectivity index (χ1n) is 5.22. The lowest BCUT2D eigenvalue weighted by Crippen LogP contribution is -2.30. The van der Waals surface area contributed by atoms with Gasteiger partial charge in [-0.3, -0.25) is 0 Å². The van der Waals surface area contributed by atoms with Gasteiger partial charge >= 0.3 is 0 Å². The van der Waals surface area contributed by atoms with E-state index in [-0.39, 0.29) is 17.2 Å². The van der Waals surface area contributed by atoms with E-state index in [0.717, 1.165) is 6.42 Å². The predicted molar refractivity (Wildman–Crippen MR) is 66.7 cm³/mol. The molecule has 0 saturated carbocycles. The van der Waals surface area contributed by atoms with E-state index in [1.807, 2.05) is 6.92 Å². The van der Waals surface area contributed by atoms with Crippen molar-refractivity contribution in [3.05, 3.63) is 26.9 Å². The van der Waals surface area contributed by atoms with E-state index in [2.05, 4.69) is 21.4 Å². The summed E-state index contributed by atoms with van der Waals surface area (Å²) in [4.78, 5) is 4.89. The van der Waals surface area contributed by atoms with Crippen LogP contribution in [0.2, 0.25) is 5.02 Å². The molecule has 1 aromatic carbocycles. The minimum absolute atomic E-state index is 0.0684. The molecule has 2 atom stereocenters. The molecule has 3 nitrogen and oxygen atoms in total. The maximum atomic E-state index is 14.0. The zero-order valence-corrected chi connectivity index (χ0v) is 11.7. The van der Waals surface area contributed by atoms with Crippen LogP contribution in [0.3, 0.4) is 0 Å². The minimum Gasteiger partial charge on any atom is -0.487 e. The molecule has 2 rings (SSSR count). The Morgan fingerprint density at radius 2 is 2.35 bits per heavy atom. The number of hydroxylamine groups is 1. The number of benzene rings is 1. The summed E-state index contributed by atoms with van der Waals surface area (Å²) in [6, 6.07) is 1.15. The van der Waals surface area contributed by atoms with Gasteiger partial charge in [-0.2, -0.15) is 5.48 Å². The summed E-state index contributed by atoms with van der Waals surface area (Å²) in [7, 11) is 1.49. The summed E-state index contributed by atoms with van der Waals surface area (Å²) in [6.07, 6.45) is 0.563. The second-order valence-electron chi connectivity index (χ2n) is 3.76. The Labute approximate surface area is 112 Å². The van der Waals surface area contributed by atoms with Gasteiger partial charge in [-0.1, -0.05) is 18.5 Å². The number of hydrogen-bond acceptors (Lipinski definition) is 3. The lowest BCUT2D eigenvalue weighted by molar-refractivity contribution is 0.0275. The van der Waals surface area contributed by atoms with Crippen LogP contribution in [0.4, 0.5) is 4.39 Å². The Morgan fingerprint density at radius 3 is 2.94 bits per heavy atom. The summed E-state index contributed by atoms with van der Waals surface area (Å²) in [5, 5.41) is 0.0684. The van der Waals surface area contributed by atoms with Crippen molar-refractivity contribution in [2.75, 3.05) is 7.11 Å². The highest BCUT2D eigenvalue weighted by Crippen LogP contribution is 2.46. The Kier molecular flexibility index (Phi) is 3.92. The Bertz CT molecular complexity index is 444. The zero-order chi connectivity index (χ0) is 12.6. The molecule has 0 amide bonds. The number of rotatable bonds is 3. The molecule has 6 heteroatoms. The van der Waals surface area contributed by atoms with E-state index in [1.54, 1.807) is 0 Å². The number of fused-ring (bicyclic) bond motifs is 1. The van der Waals surface area contributed by atoms with Crippen LogP contribution in [0, 0.1) is 5.82 Å². The molecule has 2 unspecified atom stereocenters. The summed E-state index contributed by atoms with van der Waals surface area (Å²) < 4.78 is 20.4. The Morgan fingerprint density at radius 1 is 1.65 bits per heavy atom. The van der Waals surface area contributed by atoms with Crippen molar-refractivity contribution < 1.29 is 14.0 Å². The van der Waals surface area contributed by atoms with Gasteiger partial charge in [0.1, 0.15) is 17.9 Å². The molecule has 1 aliphatic heterocycles. The Hall–Kier alpha value is -0.360.